The molecule has 1 aliphatic heterocycles. The van der Waals surface area contributed by atoms with Crippen LogP contribution in [0.4, 0.5) is 5.13 Å². The number of carbonyl (C=O) groups excluding carboxylic acids is 1. The fourth-order valence-corrected chi connectivity index (χ4v) is 4.53. The van der Waals surface area contributed by atoms with Crippen LogP contribution in [-0.4, -0.2) is 39.8 Å². The molecule has 4 rings (SSSR count). The van der Waals surface area contributed by atoms with Gasteiger partial charge >= 0.3 is 0 Å². The molecular weight excluding hydrogens is 404 g/mol. The van der Waals surface area contributed by atoms with Crippen LogP contribution in [0.25, 0.3) is 0 Å². The zero-order chi connectivity index (χ0) is 21.6. The second-order valence-corrected chi connectivity index (χ2v) is 9.29. The fraction of sp³-hybridized carbons (Fsp3) is 0.400. The van der Waals surface area contributed by atoms with Gasteiger partial charge in [-0.3, -0.25) is 4.79 Å². The van der Waals surface area contributed by atoms with Gasteiger partial charge in [-0.05, 0) is 36.8 Å². The van der Waals surface area contributed by atoms with E-state index in [9.17, 15) is 4.79 Å². The quantitative estimate of drug-likeness (QED) is 0.541. The number of aryl methyl sites for hydroxylation is 1. The summed E-state index contributed by atoms with van der Waals surface area (Å²) in [6.07, 6.45) is 2.88. The topological polar surface area (TPSA) is 49.3 Å². The molecule has 5 nitrogen and oxygen atoms in total. The van der Waals surface area contributed by atoms with Gasteiger partial charge in [0.2, 0.25) is 11.0 Å². The van der Waals surface area contributed by atoms with Crippen molar-refractivity contribution >= 4 is 22.6 Å². The molecule has 31 heavy (non-hydrogen) atoms. The van der Waals surface area contributed by atoms with Gasteiger partial charge in [0.05, 0.1) is 6.54 Å². The number of nitrogens with zero attached hydrogens (tertiary/aromatic N) is 4. The van der Waals surface area contributed by atoms with E-state index in [4.69, 9.17) is 4.98 Å². The highest BCUT2D eigenvalue weighted by Gasteiger charge is 2.24. The highest BCUT2D eigenvalue weighted by atomic mass is 32.1. The minimum atomic E-state index is 0.179. The normalized spacial score (nSPS) is 14.6. The summed E-state index contributed by atoms with van der Waals surface area (Å²) in [5.41, 5.74) is 3.61. The van der Waals surface area contributed by atoms with Gasteiger partial charge in [0.1, 0.15) is 5.82 Å². The van der Waals surface area contributed by atoms with Crippen LogP contribution < -0.4 is 4.90 Å². The van der Waals surface area contributed by atoms with Crippen LogP contribution >= 0.6 is 11.5 Å². The first-order chi connectivity index (χ1) is 15.1. The maximum atomic E-state index is 13.0. The molecule has 162 valence electrons. The molecule has 3 aromatic rings. The fourth-order valence-electron chi connectivity index (χ4n) is 3.85. The van der Waals surface area contributed by atoms with Crippen LogP contribution in [0.5, 0.6) is 0 Å². The molecule has 0 saturated carbocycles. The monoisotopic (exact) mass is 434 g/mol. The van der Waals surface area contributed by atoms with Crippen LogP contribution in [0.15, 0.2) is 54.6 Å². The molecule has 1 fully saturated rings. The Morgan fingerprint density at radius 2 is 1.77 bits per heavy atom. The first kappa shape index (κ1) is 21.5. The lowest BCUT2D eigenvalue weighted by Gasteiger charge is -2.32. The number of benzene rings is 2. The molecule has 1 saturated heterocycles. The predicted molar refractivity (Wildman–Crippen MR) is 126 cm³/mol. The van der Waals surface area contributed by atoms with E-state index < -0.39 is 0 Å². The molecule has 0 spiro atoms. The minimum Gasteiger partial charge on any atom is -0.341 e. The average molecular weight is 435 g/mol. The van der Waals surface area contributed by atoms with Gasteiger partial charge in [-0.1, -0.05) is 67.1 Å². The molecule has 1 amide bonds. The molecule has 0 N–H and O–H groups in total. The molecule has 0 aliphatic carbocycles. The van der Waals surface area contributed by atoms with E-state index in [0.717, 1.165) is 42.5 Å². The van der Waals surface area contributed by atoms with Gasteiger partial charge in [-0.15, -0.1) is 0 Å². The van der Waals surface area contributed by atoms with Gasteiger partial charge in [-0.2, -0.15) is 4.37 Å². The maximum absolute atomic E-state index is 13.0. The van der Waals surface area contributed by atoms with Crippen molar-refractivity contribution in [3.63, 3.8) is 0 Å². The van der Waals surface area contributed by atoms with Crippen LogP contribution in [0.1, 0.15) is 42.3 Å². The van der Waals surface area contributed by atoms with Crippen molar-refractivity contribution in [1.82, 2.24) is 14.3 Å². The summed E-state index contributed by atoms with van der Waals surface area (Å²) in [6.45, 7) is 7.05. The van der Waals surface area contributed by atoms with Crippen molar-refractivity contribution < 1.29 is 4.79 Å². The van der Waals surface area contributed by atoms with E-state index in [1.165, 1.54) is 22.7 Å². The predicted octanol–water partition coefficient (Wildman–Crippen LogP) is 4.70. The number of carbonyl (C=O) groups is 1. The van der Waals surface area contributed by atoms with Crippen LogP contribution in [0, 0.1) is 12.8 Å². The third-order valence-corrected chi connectivity index (χ3v) is 6.70. The third-order valence-electron chi connectivity index (χ3n) is 5.89. The second-order valence-electron chi connectivity index (χ2n) is 8.56. The lowest BCUT2D eigenvalue weighted by molar-refractivity contribution is -0.131. The summed E-state index contributed by atoms with van der Waals surface area (Å²) in [7, 11) is 0. The number of anilines is 1. The molecule has 0 radical (unpaired) electrons. The molecule has 0 atom stereocenters. The third kappa shape index (κ3) is 5.91. The number of amides is 1. The largest absolute Gasteiger partial charge is 0.341 e. The average Bonchev–Trinajstić information content (AvgIpc) is 3.24. The smallest absolute Gasteiger partial charge is 0.242 e. The molecule has 6 heteroatoms. The van der Waals surface area contributed by atoms with Gasteiger partial charge in [0.25, 0.3) is 0 Å². The summed E-state index contributed by atoms with van der Waals surface area (Å²) < 4.78 is 4.59. The molecule has 2 heterocycles. The van der Waals surface area contributed by atoms with Crippen LogP contribution in [0.2, 0.25) is 0 Å². The maximum Gasteiger partial charge on any atom is 0.242 e. The molecular formula is C25H30N4OS. The number of hydrogen-bond donors (Lipinski definition) is 0. The summed E-state index contributed by atoms with van der Waals surface area (Å²) in [4.78, 5) is 21.9. The molecule has 0 bridgehead atoms. The number of rotatable bonds is 7. The lowest BCUT2D eigenvalue weighted by Crippen LogP contribution is -2.43. The number of likely N-dealkylation sites (tertiary alicyclic amines) is 1. The summed E-state index contributed by atoms with van der Waals surface area (Å²) in [6, 6.07) is 18.7. The highest BCUT2D eigenvalue weighted by Crippen LogP contribution is 2.23. The Balaban J connectivity index is 1.49. The summed E-state index contributed by atoms with van der Waals surface area (Å²) in [5.74, 6) is 1.69. The van der Waals surface area contributed by atoms with Gasteiger partial charge in [-0.25, -0.2) is 4.98 Å². The Morgan fingerprint density at radius 3 is 2.48 bits per heavy atom. The van der Waals surface area contributed by atoms with Gasteiger partial charge in [0, 0.05) is 37.6 Å². The molecule has 1 aliphatic rings. The Kier molecular flexibility index (Phi) is 6.97. The van der Waals surface area contributed by atoms with Crippen molar-refractivity contribution in [2.24, 2.45) is 5.92 Å². The van der Waals surface area contributed by atoms with E-state index in [1.54, 1.807) is 0 Å². The van der Waals surface area contributed by atoms with Crippen LogP contribution in [-0.2, 0) is 17.8 Å². The van der Waals surface area contributed by atoms with Crippen molar-refractivity contribution in [3.05, 3.63) is 77.1 Å². The van der Waals surface area contributed by atoms with E-state index in [1.807, 2.05) is 23.1 Å². The summed E-state index contributed by atoms with van der Waals surface area (Å²) >= 11 is 1.38. The first-order valence-electron chi connectivity index (χ1n) is 11.0. The van der Waals surface area contributed by atoms with Crippen molar-refractivity contribution in [2.75, 3.05) is 24.5 Å². The Morgan fingerprint density at radius 1 is 1.06 bits per heavy atom. The number of piperidine rings is 1. The highest BCUT2D eigenvalue weighted by molar-refractivity contribution is 7.09. The number of hydrogen-bond acceptors (Lipinski definition) is 5. The standard InChI is InChI=1S/C25H30N4OS/c1-19-8-10-21(11-9-19)16-23-26-25(31-27-23)29(17-22-6-4-3-5-7-22)18-24(30)28-14-12-20(2)13-15-28/h3-11,20H,12-18H2,1-2H3. The van der Waals surface area contributed by atoms with Crippen molar-refractivity contribution in [1.29, 1.82) is 0 Å². The van der Waals surface area contributed by atoms with Crippen LogP contribution in [0.3, 0.4) is 0 Å². The lowest BCUT2D eigenvalue weighted by atomic mass is 9.99. The van der Waals surface area contributed by atoms with E-state index in [2.05, 4.69) is 59.5 Å². The van der Waals surface area contributed by atoms with Crippen molar-refractivity contribution in [2.45, 2.75) is 39.7 Å². The molecule has 0 unspecified atom stereocenters. The van der Waals surface area contributed by atoms with Crippen molar-refractivity contribution in [3.8, 4) is 0 Å². The van der Waals surface area contributed by atoms with E-state index in [0.29, 0.717) is 25.4 Å². The number of aromatic nitrogens is 2. The zero-order valence-corrected chi connectivity index (χ0v) is 19.1. The molecule has 2 aromatic carbocycles. The second kappa shape index (κ2) is 10.1. The Hall–Kier alpha value is -2.73. The van der Waals surface area contributed by atoms with Gasteiger partial charge in [0.15, 0.2) is 0 Å². The Labute approximate surface area is 188 Å². The van der Waals surface area contributed by atoms with E-state index in [-0.39, 0.29) is 5.91 Å². The minimum absolute atomic E-state index is 0.179. The SMILES string of the molecule is Cc1ccc(Cc2nsc(N(CC(=O)N3CCC(C)CC3)Cc3ccccc3)n2)cc1. The first-order valence-corrected chi connectivity index (χ1v) is 11.8. The van der Waals surface area contributed by atoms with E-state index >= 15 is 0 Å². The zero-order valence-electron chi connectivity index (χ0n) is 18.3. The summed E-state index contributed by atoms with van der Waals surface area (Å²) in [5, 5.41) is 0.810. The van der Waals surface area contributed by atoms with Gasteiger partial charge < -0.3 is 9.80 Å². The molecule has 1 aromatic heterocycles. The Bertz CT molecular complexity index is 978.